The van der Waals surface area contributed by atoms with Gasteiger partial charge in [-0.05, 0) is 25.1 Å². The van der Waals surface area contributed by atoms with Crippen LogP contribution in [0.3, 0.4) is 0 Å². The maximum atomic E-state index is 5.77. The molecule has 3 aromatic rings. The minimum Gasteiger partial charge on any atom is -0.399 e. The van der Waals surface area contributed by atoms with E-state index in [0.717, 1.165) is 22.5 Å². The Balaban J connectivity index is 1.97. The highest BCUT2D eigenvalue weighted by atomic mass is 15.3. The number of nitrogens with two attached hydrogens (primary N) is 1. The number of hydrogen-bond acceptors (Lipinski definition) is 6. The maximum Gasteiger partial charge on any atom is 0.154 e. The first-order chi connectivity index (χ1) is 9.65. The summed E-state index contributed by atoms with van der Waals surface area (Å²) >= 11 is 0. The average Bonchev–Trinajstić information content (AvgIpc) is 2.85. The molecule has 0 amide bonds. The van der Waals surface area contributed by atoms with Crippen LogP contribution in [0.4, 0.5) is 11.5 Å². The van der Waals surface area contributed by atoms with Crippen molar-refractivity contribution >= 4 is 22.4 Å². The molecular weight excluding hydrogens is 254 g/mol. The number of rotatable bonds is 3. The maximum absolute atomic E-state index is 5.77. The standard InChI is InChI=1S/C13H15N7/c1-8(13-19-17-7-20(13)2)18-12-10-4-3-9(14)5-11(10)15-6-16-12/h3-8H,14H2,1-2H3,(H,15,16,18). The lowest BCUT2D eigenvalue weighted by molar-refractivity contribution is 0.717. The molecule has 1 unspecified atom stereocenters. The Bertz CT molecular complexity index is 749. The Hall–Kier alpha value is -2.70. The molecule has 0 aliphatic carbocycles. The summed E-state index contributed by atoms with van der Waals surface area (Å²) in [6, 6.07) is 5.56. The van der Waals surface area contributed by atoms with Crippen LogP contribution in [0.1, 0.15) is 18.8 Å². The molecule has 0 aliphatic rings. The summed E-state index contributed by atoms with van der Waals surface area (Å²) in [6.07, 6.45) is 3.19. The van der Waals surface area contributed by atoms with Gasteiger partial charge < -0.3 is 15.6 Å². The van der Waals surface area contributed by atoms with Gasteiger partial charge in [0.15, 0.2) is 5.82 Å². The Morgan fingerprint density at radius 3 is 2.90 bits per heavy atom. The Kier molecular flexibility index (Phi) is 2.94. The first kappa shape index (κ1) is 12.3. The number of hydrogen-bond donors (Lipinski definition) is 2. The van der Waals surface area contributed by atoms with E-state index in [4.69, 9.17) is 5.73 Å². The number of aromatic nitrogens is 5. The quantitative estimate of drug-likeness (QED) is 0.700. The second-order valence-electron chi connectivity index (χ2n) is 4.66. The molecule has 2 aromatic heterocycles. The topological polar surface area (TPSA) is 94.5 Å². The van der Waals surface area contributed by atoms with E-state index in [9.17, 15) is 0 Å². The van der Waals surface area contributed by atoms with Crippen molar-refractivity contribution in [3.8, 4) is 0 Å². The fourth-order valence-corrected chi connectivity index (χ4v) is 2.14. The summed E-state index contributed by atoms with van der Waals surface area (Å²) in [7, 11) is 1.91. The molecule has 102 valence electrons. The van der Waals surface area contributed by atoms with E-state index in [1.165, 1.54) is 6.33 Å². The van der Waals surface area contributed by atoms with Crippen molar-refractivity contribution in [3.63, 3.8) is 0 Å². The summed E-state index contributed by atoms with van der Waals surface area (Å²) in [5, 5.41) is 12.2. The third kappa shape index (κ3) is 2.13. The Morgan fingerprint density at radius 1 is 1.30 bits per heavy atom. The highest BCUT2D eigenvalue weighted by Crippen LogP contribution is 2.24. The molecule has 0 aliphatic heterocycles. The zero-order valence-corrected chi connectivity index (χ0v) is 11.3. The second-order valence-corrected chi connectivity index (χ2v) is 4.66. The van der Waals surface area contributed by atoms with Crippen LogP contribution >= 0.6 is 0 Å². The van der Waals surface area contributed by atoms with Gasteiger partial charge in [0.05, 0.1) is 11.6 Å². The summed E-state index contributed by atoms with van der Waals surface area (Å²) < 4.78 is 1.87. The fraction of sp³-hybridized carbons (Fsp3) is 0.231. The normalized spacial score (nSPS) is 12.5. The monoisotopic (exact) mass is 269 g/mol. The first-order valence-electron chi connectivity index (χ1n) is 6.26. The van der Waals surface area contributed by atoms with Gasteiger partial charge in [-0.25, -0.2) is 9.97 Å². The van der Waals surface area contributed by atoms with Crippen LogP contribution in [-0.2, 0) is 7.05 Å². The summed E-state index contributed by atoms with van der Waals surface area (Å²) in [6.45, 7) is 2.01. The van der Waals surface area contributed by atoms with Gasteiger partial charge >= 0.3 is 0 Å². The molecule has 2 heterocycles. The van der Waals surface area contributed by atoms with Crippen LogP contribution in [0.25, 0.3) is 10.9 Å². The SMILES string of the molecule is CC(Nc1ncnc2cc(N)ccc12)c1nncn1C. The summed E-state index contributed by atoms with van der Waals surface area (Å²) in [5.41, 5.74) is 7.27. The molecule has 3 N–H and O–H groups in total. The van der Waals surface area contributed by atoms with Crippen molar-refractivity contribution in [1.29, 1.82) is 0 Å². The number of anilines is 2. The van der Waals surface area contributed by atoms with Gasteiger partial charge in [-0.3, -0.25) is 0 Å². The minimum atomic E-state index is -0.0156. The lowest BCUT2D eigenvalue weighted by atomic mass is 10.2. The molecule has 0 bridgehead atoms. The molecule has 0 fully saturated rings. The zero-order chi connectivity index (χ0) is 14.1. The summed E-state index contributed by atoms with van der Waals surface area (Å²) in [5.74, 6) is 1.60. The molecule has 1 aromatic carbocycles. The second kappa shape index (κ2) is 4.76. The largest absolute Gasteiger partial charge is 0.399 e. The van der Waals surface area contributed by atoms with Crippen molar-refractivity contribution < 1.29 is 0 Å². The Morgan fingerprint density at radius 2 is 2.15 bits per heavy atom. The fourth-order valence-electron chi connectivity index (χ4n) is 2.14. The van der Waals surface area contributed by atoms with Crippen LogP contribution in [0.5, 0.6) is 0 Å². The van der Waals surface area contributed by atoms with E-state index in [2.05, 4.69) is 25.5 Å². The first-order valence-corrected chi connectivity index (χ1v) is 6.26. The minimum absolute atomic E-state index is 0.0156. The highest BCUT2D eigenvalue weighted by Gasteiger charge is 2.13. The molecular formula is C13H15N7. The predicted octanol–water partition coefficient (Wildman–Crippen LogP) is 1.51. The third-order valence-electron chi connectivity index (χ3n) is 3.15. The molecule has 20 heavy (non-hydrogen) atoms. The van der Waals surface area contributed by atoms with Gasteiger partial charge in [0, 0.05) is 18.1 Å². The number of nitrogen functional groups attached to an aromatic ring is 1. The number of benzene rings is 1. The van der Waals surface area contributed by atoms with E-state index < -0.39 is 0 Å². The Labute approximate surface area is 115 Å². The molecule has 0 saturated carbocycles. The van der Waals surface area contributed by atoms with Gasteiger partial charge in [-0.15, -0.1) is 10.2 Å². The molecule has 7 nitrogen and oxygen atoms in total. The lowest BCUT2D eigenvalue weighted by Crippen LogP contribution is -2.13. The lowest BCUT2D eigenvalue weighted by Gasteiger charge is -2.14. The molecule has 1 atom stereocenters. The molecule has 0 spiro atoms. The smallest absolute Gasteiger partial charge is 0.154 e. The number of nitrogens with zero attached hydrogens (tertiary/aromatic N) is 5. The van der Waals surface area contributed by atoms with Gasteiger partial charge in [-0.2, -0.15) is 0 Å². The van der Waals surface area contributed by atoms with Gasteiger partial charge in [-0.1, -0.05) is 0 Å². The van der Waals surface area contributed by atoms with Crippen molar-refractivity contribution in [2.45, 2.75) is 13.0 Å². The molecule has 3 rings (SSSR count). The predicted molar refractivity (Wildman–Crippen MR) is 77.0 cm³/mol. The van der Waals surface area contributed by atoms with Gasteiger partial charge in [0.1, 0.15) is 18.5 Å². The van der Waals surface area contributed by atoms with Crippen LogP contribution < -0.4 is 11.1 Å². The zero-order valence-electron chi connectivity index (χ0n) is 11.3. The van der Waals surface area contributed by atoms with Crippen molar-refractivity contribution in [3.05, 3.63) is 36.7 Å². The molecule has 0 saturated heterocycles. The van der Waals surface area contributed by atoms with Crippen molar-refractivity contribution in [2.24, 2.45) is 7.05 Å². The number of fused-ring (bicyclic) bond motifs is 1. The van der Waals surface area contributed by atoms with Crippen LogP contribution in [-0.4, -0.2) is 24.7 Å². The van der Waals surface area contributed by atoms with Gasteiger partial charge in [0.2, 0.25) is 0 Å². The molecule has 7 heteroatoms. The van der Waals surface area contributed by atoms with E-state index in [1.54, 1.807) is 6.33 Å². The molecule has 0 radical (unpaired) electrons. The van der Waals surface area contributed by atoms with E-state index in [0.29, 0.717) is 5.69 Å². The summed E-state index contributed by atoms with van der Waals surface area (Å²) in [4.78, 5) is 8.52. The number of aryl methyl sites for hydroxylation is 1. The van der Waals surface area contributed by atoms with E-state index in [1.807, 2.05) is 36.7 Å². The van der Waals surface area contributed by atoms with Crippen molar-refractivity contribution in [2.75, 3.05) is 11.1 Å². The third-order valence-corrected chi connectivity index (χ3v) is 3.15. The van der Waals surface area contributed by atoms with E-state index >= 15 is 0 Å². The van der Waals surface area contributed by atoms with Crippen LogP contribution in [0.15, 0.2) is 30.9 Å². The van der Waals surface area contributed by atoms with E-state index in [-0.39, 0.29) is 6.04 Å². The number of nitrogens with one attached hydrogen (secondary N) is 1. The van der Waals surface area contributed by atoms with Crippen LogP contribution in [0.2, 0.25) is 0 Å². The highest BCUT2D eigenvalue weighted by molar-refractivity contribution is 5.90. The van der Waals surface area contributed by atoms with Gasteiger partial charge in [0.25, 0.3) is 0 Å². The van der Waals surface area contributed by atoms with Crippen molar-refractivity contribution in [1.82, 2.24) is 24.7 Å². The average molecular weight is 269 g/mol. The van der Waals surface area contributed by atoms with Crippen LogP contribution in [0, 0.1) is 0 Å².